The molecule has 1 aliphatic heterocycles. The molecule has 8 nitrogen and oxygen atoms in total. The first-order valence-corrected chi connectivity index (χ1v) is 24.3. The molecular weight excluding hydrogens is 683 g/mol. The van der Waals surface area contributed by atoms with Crippen molar-refractivity contribution in [3.63, 3.8) is 0 Å². The Kier molecular flexibility index (Phi) is 38.2. The highest BCUT2D eigenvalue weighted by Gasteiger charge is 2.28. The van der Waals surface area contributed by atoms with Crippen molar-refractivity contribution in [1.82, 2.24) is 10.2 Å². The zero-order valence-electron chi connectivity index (χ0n) is 35.7. The molecule has 0 atom stereocenters. The number of hydrogen-bond acceptors (Lipinski definition) is 6. The molecule has 316 valence electrons. The van der Waals surface area contributed by atoms with Crippen molar-refractivity contribution in [1.29, 1.82) is 0 Å². The fraction of sp³-hybridized carbons (Fsp3) is 0.955. The van der Waals surface area contributed by atoms with E-state index in [9.17, 15) is 17.8 Å². The minimum Gasteiger partial charge on any atom is -0.726 e. The molecule has 0 radical (unpaired) electrons. The summed E-state index contributed by atoms with van der Waals surface area (Å²) in [5.41, 5.74) is 0. The van der Waals surface area contributed by atoms with Crippen molar-refractivity contribution in [3.05, 3.63) is 0 Å². The van der Waals surface area contributed by atoms with E-state index >= 15 is 0 Å². The van der Waals surface area contributed by atoms with Gasteiger partial charge in [-0.15, -0.1) is 0 Å². The summed E-state index contributed by atoms with van der Waals surface area (Å²) in [4.78, 5) is 15.0. The van der Waals surface area contributed by atoms with Gasteiger partial charge in [0.05, 0.1) is 19.7 Å². The van der Waals surface area contributed by atoms with E-state index in [-0.39, 0.29) is 12.5 Å². The minimum atomic E-state index is -4.42. The number of amides is 1. The molecular formula is C44H89N3O5S. The van der Waals surface area contributed by atoms with Gasteiger partial charge in [0.15, 0.2) is 0 Å². The lowest BCUT2D eigenvalue weighted by Crippen LogP contribution is -2.33. The number of unbranched alkanes of at least 4 members (excludes halogenated alkanes) is 28. The van der Waals surface area contributed by atoms with E-state index in [1.54, 1.807) is 0 Å². The van der Waals surface area contributed by atoms with Gasteiger partial charge in [0.1, 0.15) is 19.6 Å². The van der Waals surface area contributed by atoms with Crippen LogP contribution in [0.1, 0.15) is 233 Å². The van der Waals surface area contributed by atoms with E-state index in [4.69, 9.17) is 0 Å². The molecule has 0 aromatic heterocycles. The number of likely N-dealkylation sites (N-methyl/N-ethyl adjacent to an activating group) is 1. The molecule has 1 rings (SSSR count). The van der Waals surface area contributed by atoms with Gasteiger partial charge in [-0.3, -0.25) is 18.5 Å². The highest BCUT2D eigenvalue weighted by molar-refractivity contribution is 7.80. The number of nitrogens with zero attached hydrogens (tertiary/aromatic N) is 2. The molecule has 1 heterocycles. The monoisotopic (exact) mass is 772 g/mol. The fourth-order valence-electron chi connectivity index (χ4n) is 7.47. The van der Waals surface area contributed by atoms with E-state index in [0.29, 0.717) is 6.42 Å². The Hall–Kier alpha value is -1.19. The molecule has 0 bridgehead atoms. The van der Waals surface area contributed by atoms with Crippen molar-refractivity contribution < 1.29 is 26.5 Å². The van der Waals surface area contributed by atoms with Crippen LogP contribution in [0.4, 0.5) is 0 Å². The summed E-state index contributed by atoms with van der Waals surface area (Å²) in [5, 5.41) is 3.22. The van der Waals surface area contributed by atoms with Crippen molar-refractivity contribution in [3.8, 4) is 0 Å². The summed E-state index contributed by atoms with van der Waals surface area (Å²) in [6.45, 7) is 13.4. The Labute approximate surface area is 330 Å². The Bertz CT molecular complexity index is 943. The van der Waals surface area contributed by atoms with Gasteiger partial charge in [0.25, 0.3) is 0 Å². The lowest BCUT2D eigenvalue weighted by Gasteiger charge is -2.12. The highest BCUT2D eigenvalue weighted by atomic mass is 32.3. The normalized spacial score (nSPS) is 13.1. The lowest BCUT2D eigenvalue weighted by atomic mass is 10.0. The predicted molar refractivity (Wildman–Crippen MR) is 226 cm³/mol. The molecule has 0 spiro atoms. The second-order valence-corrected chi connectivity index (χ2v) is 16.6. The van der Waals surface area contributed by atoms with Gasteiger partial charge in [-0.05, 0) is 26.7 Å². The largest absolute Gasteiger partial charge is 0.726 e. The van der Waals surface area contributed by atoms with E-state index in [0.717, 1.165) is 39.1 Å². The van der Waals surface area contributed by atoms with Crippen LogP contribution in [-0.2, 0) is 19.4 Å². The second kappa shape index (κ2) is 39.1. The fourth-order valence-corrected chi connectivity index (χ4v) is 7.76. The summed E-state index contributed by atoms with van der Waals surface area (Å²) in [5.74, 6) is 1.79. The van der Waals surface area contributed by atoms with Crippen LogP contribution in [0.15, 0.2) is 0 Å². The molecule has 1 N–H and O–H groups in total. The predicted octanol–water partition coefficient (Wildman–Crippen LogP) is 11.9. The summed E-state index contributed by atoms with van der Waals surface area (Å²) in [6, 6.07) is 0. The zero-order valence-corrected chi connectivity index (χ0v) is 36.5. The van der Waals surface area contributed by atoms with E-state index in [1.807, 2.05) is 0 Å². The number of amidine groups is 1. The highest BCUT2D eigenvalue weighted by Crippen LogP contribution is 2.16. The standard InChI is InChI=1S/C42H83N3O.C2H6O4S/c1-4-7-9-11-13-15-17-19-21-23-25-27-29-31-33-35-41(46)43-37-38-45-40-39-44(6-3)42(45)36-34-32-30-28-26-24-22-20-18-16-14-12-10-8-5-2;1-2-6-7(3,4)5/h4-40H2,1-3H3;2H2,1H3,(H,3,4,5). The topological polar surface area (TPSA) is 102 Å². The van der Waals surface area contributed by atoms with E-state index < -0.39 is 10.4 Å². The molecule has 53 heavy (non-hydrogen) atoms. The third-order valence-electron chi connectivity index (χ3n) is 10.7. The van der Waals surface area contributed by atoms with Gasteiger partial charge in [-0.1, -0.05) is 194 Å². The lowest BCUT2D eigenvalue weighted by molar-refractivity contribution is -0.517. The Morgan fingerprint density at radius 1 is 0.623 bits per heavy atom. The smallest absolute Gasteiger partial charge is 0.247 e. The van der Waals surface area contributed by atoms with Gasteiger partial charge in [0.2, 0.25) is 22.1 Å². The summed E-state index contributed by atoms with van der Waals surface area (Å²) >= 11 is 0. The molecule has 0 aliphatic carbocycles. The number of hydrogen-bond donors (Lipinski definition) is 1. The van der Waals surface area contributed by atoms with Crippen molar-refractivity contribution in [2.75, 3.05) is 39.3 Å². The number of nitrogens with one attached hydrogen (secondary N) is 1. The van der Waals surface area contributed by atoms with Crippen molar-refractivity contribution in [2.45, 2.75) is 233 Å². The Morgan fingerprint density at radius 2 is 1.00 bits per heavy atom. The second-order valence-electron chi connectivity index (χ2n) is 15.5. The third kappa shape index (κ3) is 36.2. The number of carbonyl (C=O) groups excluding carboxylic acids is 1. The van der Waals surface area contributed by atoms with Crippen LogP contribution in [0.3, 0.4) is 0 Å². The molecule has 0 saturated carbocycles. The number of carbonyl (C=O) groups is 1. The molecule has 9 heteroatoms. The minimum absolute atomic E-state index is 0.0914. The van der Waals surface area contributed by atoms with Crippen molar-refractivity contribution in [2.24, 2.45) is 0 Å². The maximum absolute atomic E-state index is 12.4. The van der Waals surface area contributed by atoms with Gasteiger partial charge < -0.3 is 9.87 Å². The third-order valence-corrected chi connectivity index (χ3v) is 11.3. The molecule has 0 aromatic carbocycles. The molecule has 1 amide bonds. The van der Waals surface area contributed by atoms with Crippen LogP contribution >= 0.6 is 0 Å². The quantitative estimate of drug-likeness (QED) is 0.0290. The van der Waals surface area contributed by atoms with E-state index in [2.05, 4.69) is 39.7 Å². The summed E-state index contributed by atoms with van der Waals surface area (Å²) < 4.78 is 34.6. The van der Waals surface area contributed by atoms with Gasteiger partial charge in [-0.2, -0.15) is 0 Å². The summed E-state index contributed by atoms with van der Waals surface area (Å²) in [7, 11) is -4.42. The first-order valence-electron chi connectivity index (χ1n) is 23.0. The Balaban J connectivity index is 0.00000348. The Morgan fingerprint density at radius 3 is 1.34 bits per heavy atom. The number of rotatable bonds is 38. The average Bonchev–Trinajstić information content (AvgIpc) is 3.52. The van der Waals surface area contributed by atoms with Crippen molar-refractivity contribution >= 4 is 22.1 Å². The van der Waals surface area contributed by atoms with Crippen LogP contribution in [0.5, 0.6) is 0 Å². The van der Waals surface area contributed by atoms with Crippen LogP contribution < -0.4 is 5.32 Å². The molecule has 0 saturated heterocycles. The molecule has 0 unspecified atom stereocenters. The molecule has 0 aromatic rings. The van der Waals surface area contributed by atoms with Crippen LogP contribution in [-0.4, -0.2) is 73.5 Å². The van der Waals surface area contributed by atoms with Gasteiger partial charge in [0, 0.05) is 12.8 Å². The van der Waals surface area contributed by atoms with E-state index in [1.165, 1.54) is 205 Å². The molecule has 0 fully saturated rings. The van der Waals surface area contributed by atoms with Crippen LogP contribution in [0.2, 0.25) is 0 Å². The first-order chi connectivity index (χ1) is 25.8. The van der Waals surface area contributed by atoms with Crippen LogP contribution in [0, 0.1) is 0 Å². The first kappa shape index (κ1) is 51.8. The maximum Gasteiger partial charge on any atom is 0.247 e. The van der Waals surface area contributed by atoms with Gasteiger partial charge >= 0.3 is 0 Å². The average molecular weight is 772 g/mol. The summed E-state index contributed by atoms with van der Waals surface area (Å²) in [6.07, 6.45) is 43.7. The van der Waals surface area contributed by atoms with Crippen LogP contribution in [0.25, 0.3) is 0 Å². The zero-order chi connectivity index (χ0) is 39.1. The maximum atomic E-state index is 12.4. The van der Waals surface area contributed by atoms with Gasteiger partial charge in [-0.25, -0.2) is 8.42 Å². The molecule has 1 aliphatic rings. The SMILES string of the molecule is CCCCCCCCCCCCCCCCCC(=O)NCC[N+]1=C(CCCCCCCCCCCCCCCCC)N(CC)CC1.CCOS(=O)(=O)[O-].